The number of rotatable bonds is 6. The Labute approximate surface area is 162 Å². The Morgan fingerprint density at radius 1 is 1.26 bits per heavy atom. The van der Waals surface area contributed by atoms with Gasteiger partial charge in [-0.2, -0.15) is 0 Å². The highest BCUT2D eigenvalue weighted by atomic mass is 32.2. The van der Waals surface area contributed by atoms with Crippen molar-refractivity contribution in [3.05, 3.63) is 24.3 Å². The fourth-order valence-electron chi connectivity index (χ4n) is 3.00. The normalized spacial score (nSPS) is 16.8. The van der Waals surface area contributed by atoms with Crippen LogP contribution in [-0.4, -0.2) is 39.8 Å². The molecule has 0 spiro atoms. The van der Waals surface area contributed by atoms with E-state index >= 15 is 0 Å². The van der Waals surface area contributed by atoms with Crippen LogP contribution in [0, 0.1) is 0 Å². The van der Waals surface area contributed by atoms with Crippen molar-refractivity contribution in [2.24, 2.45) is 5.14 Å². The van der Waals surface area contributed by atoms with Crippen LogP contribution in [0.5, 0.6) is 0 Å². The summed E-state index contributed by atoms with van der Waals surface area (Å²) >= 11 is 1.30. The van der Waals surface area contributed by atoms with Crippen molar-refractivity contribution in [3.63, 3.8) is 0 Å². The monoisotopic (exact) mass is 410 g/mol. The fraction of sp³-hybridized carbons (Fsp3) is 0.500. The molecule has 27 heavy (non-hydrogen) atoms. The van der Waals surface area contributed by atoms with Crippen LogP contribution in [0.15, 0.2) is 34.3 Å². The van der Waals surface area contributed by atoms with Crippen LogP contribution in [0.2, 0.25) is 0 Å². The molecule has 1 aliphatic rings. The number of nitrogens with two attached hydrogens (primary N) is 1. The average Bonchev–Trinajstić information content (AvgIpc) is 3.10. The van der Waals surface area contributed by atoms with Crippen LogP contribution in [0.4, 0.5) is 5.69 Å². The molecule has 0 radical (unpaired) electrons. The van der Waals surface area contributed by atoms with E-state index in [2.05, 4.69) is 20.8 Å². The molecule has 1 atom stereocenters. The number of primary sulfonamides is 1. The average molecular weight is 411 g/mol. The Bertz CT molecular complexity index is 891. The maximum absolute atomic E-state index is 12.5. The molecule has 1 fully saturated rings. The minimum absolute atomic E-state index is 0.00502. The molecule has 1 amide bonds. The van der Waals surface area contributed by atoms with Gasteiger partial charge < -0.3 is 5.32 Å². The first-order valence-corrected chi connectivity index (χ1v) is 11.2. The summed E-state index contributed by atoms with van der Waals surface area (Å²) in [5, 5.41) is 20.0. The molecule has 9 nitrogen and oxygen atoms in total. The van der Waals surface area contributed by atoms with Gasteiger partial charge >= 0.3 is 0 Å². The van der Waals surface area contributed by atoms with Gasteiger partial charge in [0, 0.05) is 5.69 Å². The Morgan fingerprint density at radius 3 is 2.56 bits per heavy atom. The summed E-state index contributed by atoms with van der Waals surface area (Å²) in [6.45, 7) is 1.78. The Hall–Kier alpha value is -1.98. The van der Waals surface area contributed by atoms with Crippen LogP contribution < -0.4 is 10.5 Å². The summed E-state index contributed by atoms with van der Waals surface area (Å²) in [6, 6.07) is 6.00. The van der Waals surface area contributed by atoms with Crippen molar-refractivity contribution < 1.29 is 13.2 Å². The van der Waals surface area contributed by atoms with Gasteiger partial charge in [0.05, 0.1) is 16.2 Å². The highest BCUT2D eigenvalue weighted by molar-refractivity contribution is 8.00. The van der Waals surface area contributed by atoms with Crippen LogP contribution in [0.25, 0.3) is 0 Å². The Morgan fingerprint density at radius 2 is 1.93 bits per heavy atom. The van der Waals surface area contributed by atoms with Gasteiger partial charge in [-0.3, -0.25) is 4.79 Å². The van der Waals surface area contributed by atoms with Crippen molar-refractivity contribution in [1.82, 2.24) is 20.2 Å². The highest BCUT2D eigenvalue weighted by Gasteiger charge is 2.24. The van der Waals surface area contributed by atoms with E-state index in [4.69, 9.17) is 5.14 Å². The third-order valence-corrected chi connectivity index (χ3v) is 6.46. The lowest BCUT2D eigenvalue weighted by atomic mass is 9.96. The van der Waals surface area contributed by atoms with Crippen LogP contribution in [0.3, 0.4) is 0 Å². The van der Waals surface area contributed by atoms with E-state index in [9.17, 15) is 13.2 Å². The molecule has 1 aromatic carbocycles. The predicted molar refractivity (Wildman–Crippen MR) is 102 cm³/mol. The zero-order valence-corrected chi connectivity index (χ0v) is 16.5. The molecular formula is C16H22N6O3S2. The second kappa shape index (κ2) is 8.36. The van der Waals surface area contributed by atoms with E-state index in [1.165, 1.54) is 55.3 Å². The molecule has 0 saturated heterocycles. The van der Waals surface area contributed by atoms with E-state index < -0.39 is 15.3 Å². The van der Waals surface area contributed by atoms with Crippen LogP contribution >= 0.6 is 11.8 Å². The van der Waals surface area contributed by atoms with E-state index in [0.29, 0.717) is 10.8 Å². The van der Waals surface area contributed by atoms with Gasteiger partial charge in [0.25, 0.3) is 0 Å². The molecule has 1 heterocycles. The molecular weight excluding hydrogens is 388 g/mol. The van der Waals surface area contributed by atoms with E-state index in [-0.39, 0.29) is 16.8 Å². The third-order valence-electron chi connectivity index (χ3n) is 4.48. The summed E-state index contributed by atoms with van der Waals surface area (Å²) in [7, 11) is -3.76. The second-order valence-electron chi connectivity index (χ2n) is 6.52. The summed E-state index contributed by atoms with van der Waals surface area (Å²) in [4.78, 5) is 12.5. The number of carbonyl (C=O) groups is 1. The summed E-state index contributed by atoms with van der Waals surface area (Å²) in [6.07, 6.45) is 5.67. The van der Waals surface area contributed by atoms with Crippen molar-refractivity contribution >= 4 is 33.4 Å². The van der Waals surface area contributed by atoms with E-state index in [1.54, 1.807) is 6.92 Å². The summed E-state index contributed by atoms with van der Waals surface area (Å²) < 4.78 is 24.4. The Balaban J connectivity index is 1.62. The molecule has 1 aromatic heterocycles. The molecule has 3 rings (SSSR count). The smallest absolute Gasteiger partial charge is 0.238 e. The lowest BCUT2D eigenvalue weighted by Crippen LogP contribution is -2.23. The summed E-state index contributed by atoms with van der Waals surface area (Å²) in [5.74, 6) is -0.221. The van der Waals surface area contributed by atoms with Gasteiger partial charge in [0.2, 0.25) is 21.1 Å². The van der Waals surface area contributed by atoms with Crippen molar-refractivity contribution in [1.29, 1.82) is 0 Å². The minimum atomic E-state index is -3.76. The van der Waals surface area contributed by atoms with Gasteiger partial charge in [-0.05, 0) is 54.5 Å². The first-order valence-electron chi connectivity index (χ1n) is 8.73. The first-order chi connectivity index (χ1) is 12.8. The van der Waals surface area contributed by atoms with Gasteiger partial charge in [-0.15, -0.1) is 5.10 Å². The third kappa shape index (κ3) is 5.05. The van der Waals surface area contributed by atoms with E-state index in [1.807, 2.05) is 4.68 Å². The molecule has 0 unspecified atom stereocenters. The van der Waals surface area contributed by atoms with Crippen molar-refractivity contribution in [3.8, 4) is 0 Å². The number of nitrogens with one attached hydrogen (secondary N) is 1. The minimum Gasteiger partial charge on any atom is -0.325 e. The predicted octanol–water partition coefficient (Wildman–Crippen LogP) is 1.94. The number of hydrogen-bond acceptors (Lipinski definition) is 7. The lowest BCUT2D eigenvalue weighted by molar-refractivity contribution is -0.115. The molecule has 11 heteroatoms. The molecule has 0 bridgehead atoms. The number of nitrogens with zero attached hydrogens (tertiary/aromatic N) is 4. The number of carbonyl (C=O) groups excluding carboxylic acids is 1. The number of aromatic nitrogens is 4. The molecule has 0 aliphatic heterocycles. The zero-order valence-electron chi connectivity index (χ0n) is 14.9. The number of thioether (sulfide) groups is 1. The quantitative estimate of drug-likeness (QED) is 0.695. The van der Waals surface area contributed by atoms with Crippen molar-refractivity contribution in [2.45, 2.75) is 60.4 Å². The van der Waals surface area contributed by atoms with Gasteiger partial charge in [-0.1, -0.05) is 31.0 Å². The zero-order chi connectivity index (χ0) is 19.4. The molecule has 1 aliphatic carbocycles. The Kier molecular flexibility index (Phi) is 6.12. The number of amides is 1. The van der Waals surface area contributed by atoms with Gasteiger partial charge in [0.15, 0.2) is 0 Å². The van der Waals surface area contributed by atoms with Crippen LogP contribution in [0.1, 0.15) is 45.1 Å². The number of anilines is 1. The second-order valence-corrected chi connectivity index (χ2v) is 9.39. The number of tetrazole rings is 1. The summed E-state index contributed by atoms with van der Waals surface area (Å²) in [5.41, 5.74) is 0.492. The largest absolute Gasteiger partial charge is 0.325 e. The van der Waals surface area contributed by atoms with Gasteiger partial charge in [-0.25, -0.2) is 18.2 Å². The number of benzene rings is 1. The fourth-order valence-corrected chi connectivity index (χ4v) is 4.38. The van der Waals surface area contributed by atoms with Gasteiger partial charge in [0.1, 0.15) is 0 Å². The van der Waals surface area contributed by atoms with E-state index in [0.717, 1.165) is 12.8 Å². The first kappa shape index (κ1) is 19.8. The molecule has 1 saturated carbocycles. The SMILES string of the molecule is C[C@@H](Sc1nnnn1C1CCCCC1)C(=O)Nc1ccc(S(N)(=O)=O)cc1. The molecule has 3 N–H and O–H groups in total. The molecule has 2 aromatic rings. The maximum Gasteiger partial charge on any atom is 0.238 e. The molecule has 146 valence electrons. The maximum atomic E-state index is 12.5. The number of hydrogen-bond donors (Lipinski definition) is 2. The standard InChI is InChI=1S/C16H22N6O3S2/c1-11(15(23)18-12-7-9-14(10-8-12)27(17,24)25)26-16-19-20-21-22(16)13-5-3-2-4-6-13/h7-11,13H,2-6H2,1H3,(H,18,23)(H2,17,24,25)/t11-/m1/s1. The van der Waals surface area contributed by atoms with Crippen molar-refractivity contribution in [2.75, 3.05) is 5.32 Å². The van der Waals surface area contributed by atoms with Crippen LogP contribution in [-0.2, 0) is 14.8 Å². The number of sulfonamides is 1. The highest BCUT2D eigenvalue weighted by Crippen LogP contribution is 2.31. The topological polar surface area (TPSA) is 133 Å². The lowest BCUT2D eigenvalue weighted by Gasteiger charge is -2.22.